The first-order valence-corrected chi connectivity index (χ1v) is 6.58. The number of hydrogen-bond donors (Lipinski definition) is 2. The number of amides is 1. The van der Waals surface area contributed by atoms with Crippen LogP contribution >= 0.6 is 23.2 Å². The highest BCUT2D eigenvalue weighted by molar-refractivity contribution is 6.35. The minimum absolute atomic E-state index is 0.236. The number of nitrogens with zero attached hydrogens (tertiary/aromatic N) is 1. The molecule has 2 N–H and O–H groups in total. The number of carbonyl (C=O) groups is 1. The Morgan fingerprint density at radius 2 is 1.85 bits per heavy atom. The molecule has 0 fully saturated rings. The number of benzene rings is 2. The third-order valence-corrected chi connectivity index (χ3v) is 3.24. The van der Waals surface area contributed by atoms with Crippen LogP contribution < -0.4 is 5.32 Å². The third-order valence-electron chi connectivity index (χ3n) is 2.80. The molecule has 0 saturated heterocycles. The zero-order valence-corrected chi connectivity index (χ0v) is 11.7. The number of fused-ring (bicyclic) bond motifs is 1. The van der Waals surface area contributed by atoms with Crippen LogP contribution in [0.4, 0.5) is 5.69 Å². The van der Waals surface area contributed by atoms with Crippen molar-refractivity contribution < 1.29 is 4.79 Å². The van der Waals surface area contributed by atoms with Gasteiger partial charge in [-0.2, -0.15) is 0 Å². The summed E-state index contributed by atoms with van der Waals surface area (Å²) in [5.74, 6) is -0.236. The molecule has 6 heteroatoms. The first kappa shape index (κ1) is 13.0. The fourth-order valence-electron chi connectivity index (χ4n) is 1.91. The molecule has 1 aromatic heterocycles. The summed E-state index contributed by atoms with van der Waals surface area (Å²) < 4.78 is 0. The van der Waals surface area contributed by atoms with Crippen molar-refractivity contribution in [1.82, 2.24) is 9.97 Å². The molecular weight excluding hydrogens is 297 g/mol. The first-order valence-electron chi connectivity index (χ1n) is 5.82. The molecule has 0 aliphatic rings. The van der Waals surface area contributed by atoms with E-state index in [0.717, 1.165) is 11.0 Å². The van der Waals surface area contributed by atoms with E-state index in [-0.39, 0.29) is 5.91 Å². The van der Waals surface area contributed by atoms with Crippen molar-refractivity contribution >= 4 is 45.8 Å². The fourth-order valence-corrected chi connectivity index (χ4v) is 2.43. The summed E-state index contributed by atoms with van der Waals surface area (Å²) in [6.45, 7) is 0. The summed E-state index contributed by atoms with van der Waals surface area (Å²) in [5, 5.41) is 3.69. The molecular formula is C14H9Cl2N3O. The number of halogens is 2. The van der Waals surface area contributed by atoms with E-state index in [1.165, 1.54) is 0 Å². The van der Waals surface area contributed by atoms with E-state index in [1.54, 1.807) is 42.7 Å². The van der Waals surface area contributed by atoms with Gasteiger partial charge in [0, 0.05) is 21.3 Å². The Balaban J connectivity index is 1.88. The van der Waals surface area contributed by atoms with Gasteiger partial charge in [0.15, 0.2) is 0 Å². The predicted octanol–water partition coefficient (Wildman–Crippen LogP) is 4.12. The van der Waals surface area contributed by atoms with Gasteiger partial charge >= 0.3 is 0 Å². The lowest BCUT2D eigenvalue weighted by atomic mass is 10.2. The topological polar surface area (TPSA) is 57.8 Å². The number of aromatic nitrogens is 2. The molecule has 1 heterocycles. The molecule has 0 spiro atoms. The van der Waals surface area contributed by atoms with Crippen molar-refractivity contribution in [2.24, 2.45) is 0 Å². The summed E-state index contributed by atoms with van der Waals surface area (Å²) in [5.41, 5.74) is 2.70. The van der Waals surface area contributed by atoms with Crippen LogP contribution in [0.3, 0.4) is 0 Å². The minimum Gasteiger partial charge on any atom is -0.345 e. The quantitative estimate of drug-likeness (QED) is 0.748. The molecule has 4 nitrogen and oxygen atoms in total. The second-order valence-corrected chi connectivity index (χ2v) is 5.12. The zero-order valence-electron chi connectivity index (χ0n) is 10.2. The van der Waals surface area contributed by atoms with Gasteiger partial charge in [0.05, 0.1) is 17.4 Å². The Morgan fingerprint density at radius 3 is 2.60 bits per heavy atom. The smallest absolute Gasteiger partial charge is 0.255 e. The Bertz CT molecular complexity index is 778. The Hall–Kier alpha value is -2.04. The molecule has 0 aliphatic heterocycles. The number of carbonyl (C=O) groups excluding carboxylic acids is 1. The lowest BCUT2D eigenvalue weighted by Gasteiger charge is -2.06. The SMILES string of the molecule is O=C(Nc1cc(Cl)cc(Cl)c1)c1ccc2nc[nH]c2c1. The van der Waals surface area contributed by atoms with Gasteiger partial charge in [-0.25, -0.2) is 4.98 Å². The zero-order chi connectivity index (χ0) is 14.1. The molecule has 3 aromatic rings. The van der Waals surface area contributed by atoms with Gasteiger partial charge in [0.25, 0.3) is 5.91 Å². The standard InChI is InChI=1S/C14H9Cl2N3O/c15-9-4-10(16)6-11(5-9)19-14(20)8-1-2-12-13(3-8)18-7-17-12/h1-7H,(H,17,18)(H,19,20). The van der Waals surface area contributed by atoms with Crippen molar-refractivity contribution in [3.05, 3.63) is 58.3 Å². The van der Waals surface area contributed by atoms with E-state index < -0.39 is 0 Å². The van der Waals surface area contributed by atoms with Crippen LogP contribution in [0.1, 0.15) is 10.4 Å². The average Bonchev–Trinajstić information content (AvgIpc) is 2.84. The van der Waals surface area contributed by atoms with Crippen molar-refractivity contribution in [3.8, 4) is 0 Å². The molecule has 100 valence electrons. The predicted molar refractivity (Wildman–Crippen MR) is 80.5 cm³/mol. The maximum absolute atomic E-state index is 12.2. The van der Waals surface area contributed by atoms with Gasteiger partial charge in [-0.3, -0.25) is 4.79 Å². The number of H-pyrrole nitrogens is 1. The maximum atomic E-state index is 12.2. The number of nitrogens with one attached hydrogen (secondary N) is 2. The fraction of sp³-hybridized carbons (Fsp3) is 0. The molecule has 0 bridgehead atoms. The number of hydrogen-bond acceptors (Lipinski definition) is 2. The molecule has 0 radical (unpaired) electrons. The average molecular weight is 306 g/mol. The lowest BCUT2D eigenvalue weighted by Crippen LogP contribution is -2.11. The largest absolute Gasteiger partial charge is 0.345 e. The second-order valence-electron chi connectivity index (χ2n) is 4.25. The van der Waals surface area contributed by atoms with Crippen molar-refractivity contribution in [1.29, 1.82) is 0 Å². The van der Waals surface area contributed by atoms with Gasteiger partial charge < -0.3 is 10.3 Å². The summed E-state index contributed by atoms with van der Waals surface area (Å²) in [7, 11) is 0. The Morgan fingerprint density at radius 1 is 1.10 bits per heavy atom. The van der Waals surface area contributed by atoms with Crippen molar-refractivity contribution in [2.45, 2.75) is 0 Å². The van der Waals surface area contributed by atoms with Crippen LogP contribution in [0.15, 0.2) is 42.7 Å². The van der Waals surface area contributed by atoms with Crippen molar-refractivity contribution in [3.63, 3.8) is 0 Å². The summed E-state index contributed by atoms with van der Waals surface area (Å²) in [6.07, 6.45) is 1.59. The molecule has 0 saturated carbocycles. The third kappa shape index (κ3) is 2.61. The molecule has 1 amide bonds. The van der Waals surface area contributed by atoms with Crippen LogP contribution in [-0.4, -0.2) is 15.9 Å². The van der Waals surface area contributed by atoms with Crippen LogP contribution in [-0.2, 0) is 0 Å². The van der Waals surface area contributed by atoms with E-state index >= 15 is 0 Å². The molecule has 20 heavy (non-hydrogen) atoms. The molecule has 3 rings (SSSR count). The van der Waals surface area contributed by atoms with E-state index in [2.05, 4.69) is 15.3 Å². The number of aromatic amines is 1. The normalized spacial score (nSPS) is 10.7. The molecule has 0 atom stereocenters. The van der Waals surface area contributed by atoms with Gasteiger partial charge in [-0.1, -0.05) is 23.2 Å². The first-order chi connectivity index (χ1) is 9.61. The number of imidazole rings is 1. The minimum atomic E-state index is -0.236. The van der Waals surface area contributed by atoms with Gasteiger partial charge in [-0.15, -0.1) is 0 Å². The van der Waals surface area contributed by atoms with Gasteiger partial charge in [0.2, 0.25) is 0 Å². The maximum Gasteiger partial charge on any atom is 0.255 e. The van der Waals surface area contributed by atoms with Crippen LogP contribution in [0.25, 0.3) is 11.0 Å². The number of rotatable bonds is 2. The van der Waals surface area contributed by atoms with E-state index in [0.29, 0.717) is 21.3 Å². The van der Waals surface area contributed by atoms with Crippen LogP contribution in [0.2, 0.25) is 10.0 Å². The molecule has 0 aliphatic carbocycles. The van der Waals surface area contributed by atoms with E-state index in [1.807, 2.05) is 0 Å². The molecule has 0 unspecified atom stereocenters. The van der Waals surface area contributed by atoms with E-state index in [9.17, 15) is 4.79 Å². The highest BCUT2D eigenvalue weighted by Gasteiger charge is 2.08. The summed E-state index contributed by atoms with van der Waals surface area (Å²) in [4.78, 5) is 19.2. The summed E-state index contributed by atoms with van der Waals surface area (Å²) in [6, 6.07) is 10.1. The van der Waals surface area contributed by atoms with E-state index in [4.69, 9.17) is 23.2 Å². The lowest BCUT2D eigenvalue weighted by molar-refractivity contribution is 0.102. The highest BCUT2D eigenvalue weighted by atomic mass is 35.5. The monoisotopic (exact) mass is 305 g/mol. The van der Waals surface area contributed by atoms with Crippen LogP contribution in [0, 0.1) is 0 Å². The van der Waals surface area contributed by atoms with Crippen molar-refractivity contribution in [2.75, 3.05) is 5.32 Å². The van der Waals surface area contributed by atoms with Gasteiger partial charge in [0.1, 0.15) is 0 Å². The Labute approximate surface area is 124 Å². The Kier molecular flexibility index (Phi) is 3.34. The molecule has 2 aromatic carbocycles. The van der Waals surface area contributed by atoms with Crippen LogP contribution in [0.5, 0.6) is 0 Å². The second kappa shape index (κ2) is 5.15. The summed E-state index contributed by atoms with van der Waals surface area (Å²) >= 11 is 11.8. The highest BCUT2D eigenvalue weighted by Crippen LogP contribution is 2.23. The number of anilines is 1. The van der Waals surface area contributed by atoms with Gasteiger partial charge in [-0.05, 0) is 36.4 Å².